The van der Waals surface area contributed by atoms with Crippen LogP contribution < -0.4 is 5.32 Å². The molecule has 0 saturated carbocycles. The van der Waals surface area contributed by atoms with Crippen molar-refractivity contribution < 1.29 is 14.0 Å². The molecule has 0 aliphatic carbocycles. The van der Waals surface area contributed by atoms with Gasteiger partial charge in [0, 0.05) is 19.5 Å². The molecule has 6 nitrogen and oxygen atoms in total. The van der Waals surface area contributed by atoms with Crippen molar-refractivity contribution >= 4 is 29.0 Å². The molecule has 0 bridgehead atoms. The fourth-order valence-electron chi connectivity index (χ4n) is 2.37. The molecule has 1 N–H and O–H groups in total. The molecule has 0 fully saturated rings. The van der Waals surface area contributed by atoms with Crippen molar-refractivity contribution in [1.29, 1.82) is 0 Å². The van der Waals surface area contributed by atoms with Gasteiger partial charge in [0.05, 0.1) is 22.0 Å². The van der Waals surface area contributed by atoms with Gasteiger partial charge in [0.2, 0.25) is 6.10 Å². The van der Waals surface area contributed by atoms with E-state index in [4.69, 9.17) is 16.4 Å². The summed E-state index contributed by atoms with van der Waals surface area (Å²) in [6.07, 6.45) is -0.695. The molecule has 1 aromatic carbocycles. The lowest BCUT2D eigenvalue weighted by molar-refractivity contribution is -0.125. The summed E-state index contributed by atoms with van der Waals surface area (Å²) in [5.41, 5.74) is 1.26. The number of benzene rings is 1. The fourth-order valence-corrected chi connectivity index (χ4v) is 2.65. The van der Waals surface area contributed by atoms with Crippen LogP contribution >= 0.6 is 11.6 Å². The zero-order valence-corrected chi connectivity index (χ0v) is 13.3. The standard InChI is InChI=1S/C15H14ClFN4O2/c1-8-6-13(21(2)19-8)18-15(22)12-7-11(20-23-12)14-9(16)4-3-5-10(14)17/h3-6,12H,7H2,1-2H3,(H,18,22)/t12-/m1/s1. The van der Waals surface area contributed by atoms with Crippen LogP contribution in [-0.4, -0.2) is 27.5 Å². The van der Waals surface area contributed by atoms with Crippen LogP contribution in [0.1, 0.15) is 17.7 Å². The number of nitrogens with one attached hydrogen (secondary N) is 1. The molecule has 1 aliphatic heterocycles. The van der Waals surface area contributed by atoms with E-state index in [-0.39, 0.29) is 22.9 Å². The van der Waals surface area contributed by atoms with Crippen LogP contribution in [0.25, 0.3) is 0 Å². The smallest absolute Gasteiger partial charge is 0.269 e. The summed E-state index contributed by atoms with van der Waals surface area (Å²) in [5, 5.41) is 10.9. The Bertz CT molecular complexity index is 783. The van der Waals surface area contributed by atoms with Crippen LogP contribution in [0.5, 0.6) is 0 Å². The van der Waals surface area contributed by atoms with Crippen LogP contribution in [0.15, 0.2) is 29.4 Å². The lowest BCUT2D eigenvalue weighted by atomic mass is 10.0. The van der Waals surface area contributed by atoms with E-state index in [0.29, 0.717) is 11.5 Å². The second kappa shape index (κ2) is 6.00. The van der Waals surface area contributed by atoms with Gasteiger partial charge in [0.15, 0.2) is 0 Å². The summed E-state index contributed by atoms with van der Waals surface area (Å²) in [6.45, 7) is 1.82. The SMILES string of the molecule is Cc1cc(NC(=O)[C@H]2CC(c3c(F)cccc3Cl)=NO2)n(C)n1. The number of aryl methyl sites for hydroxylation is 2. The number of carbonyl (C=O) groups is 1. The van der Waals surface area contributed by atoms with Crippen LogP contribution in [-0.2, 0) is 16.7 Å². The molecule has 2 heterocycles. The zero-order valence-electron chi connectivity index (χ0n) is 12.5. The number of hydrogen-bond donors (Lipinski definition) is 1. The number of halogens is 2. The van der Waals surface area contributed by atoms with Gasteiger partial charge in [-0.3, -0.25) is 9.48 Å². The molecular weight excluding hydrogens is 323 g/mol. The highest BCUT2D eigenvalue weighted by Crippen LogP contribution is 2.26. The van der Waals surface area contributed by atoms with E-state index in [1.54, 1.807) is 23.9 Å². The van der Waals surface area contributed by atoms with Gasteiger partial charge in [-0.15, -0.1) is 0 Å². The highest BCUT2D eigenvalue weighted by molar-refractivity contribution is 6.34. The van der Waals surface area contributed by atoms with Gasteiger partial charge in [-0.05, 0) is 19.1 Å². The third kappa shape index (κ3) is 3.05. The van der Waals surface area contributed by atoms with Crippen molar-refractivity contribution in [2.75, 3.05) is 5.32 Å². The van der Waals surface area contributed by atoms with E-state index in [0.717, 1.165) is 5.69 Å². The average molecular weight is 337 g/mol. The minimum absolute atomic E-state index is 0.142. The van der Waals surface area contributed by atoms with Gasteiger partial charge in [0.1, 0.15) is 11.6 Å². The third-order valence-corrected chi connectivity index (χ3v) is 3.78. The summed E-state index contributed by atoms with van der Waals surface area (Å²) < 4.78 is 15.5. The minimum atomic E-state index is -0.837. The largest absolute Gasteiger partial charge is 0.382 e. The second-order valence-electron chi connectivity index (χ2n) is 5.22. The third-order valence-electron chi connectivity index (χ3n) is 3.47. The number of oxime groups is 1. The number of rotatable bonds is 3. The quantitative estimate of drug-likeness (QED) is 0.937. The van der Waals surface area contributed by atoms with Crippen LogP contribution in [0.4, 0.5) is 10.2 Å². The minimum Gasteiger partial charge on any atom is -0.382 e. The second-order valence-corrected chi connectivity index (χ2v) is 5.62. The van der Waals surface area contributed by atoms with Crippen molar-refractivity contribution in [1.82, 2.24) is 9.78 Å². The molecule has 0 radical (unpaired) electrons. The molecule has 0 spiro atoms. The molecule has 0 saturated heterocycles. The van der Waals surface area contributed by atoms with E-state index in [1.807, 2.05) is 6.92 Å². The summed E-state index contributed by atoms with van der Waals surface area (Å²) in [4.78, 5) is 17.4. The maximum atomic E-state index is 13.9. The first-order chi connectivity index (χ1) is 11.0. The van der Waals surface area contributed by atoms with Gasteiger partial charge >= 0.3 is 0 Å². The fraction of sp³-hybridized carbons (Fsp3) is 0.267. The van der Waals surface area contributed by atoms with E-state index in [1.165, 1.54) is 12.1 Å². The number of aromatic nitrogens is 2. The first-order valence-corrected chi connectivity index (χ1v) is 7.32. The monoisotopic (exact) mass is 336 g/mol. The molecule has 1 aromatic heterocycles. The predicted octanol–water partition coefficient (Wildman–Crippen LogP) is 2.65. The topological polar surface area (TPSA) is 68.5 Å². The Morgan fingerprint density at radius 2 is 2.30 bits per heavy atom. The van der Waals surface area contributed by atoms with E-state index < -0.39 is 11.9 Å². The maximum Gasteiger partial charge on any atom is 0.269 e. The van der Waals surface area contributed by atoms with Gasteiger partial charge in [-0.1, -0.05) is 22.8 Å². The highest BCUT2D eigenvalue weighted by atomic mass is 35.5. The number of amides is 1. The van der Waals surface area contributed by atoms with E-state index >= 15 is 0 Å². The van der Waals surface area contributed by atoms with Crippen LogP contribution in [0.3, 0.4) is 0 Å². The molecular formula is C15H14ClFN4O2. The van der Waals surface area contributed by atoms with E-state index in [2.05, 4.69) is 15.6 Å². The Kier molecular flexibility index (Phi) is 4.04. The summed E-state index contributed by atoms with van der Waals surface area (Å²) in [7, 11) is 1.72. The molecule has 0 unspecified atom stereocenters. The first-order valence-electron chi connectivity index (χ1n) is 6.94. The molecule has 1 aliphatic rings. The Labute approximate surface area is 136 Å². The van der Waals surface area contributed by atoms with Crippen molar-refractivity contribution in [3.63, 3.8) is 0 Å². The summed E-state index contributed by atoms with van der Waals surface area (Å²) >= 11 is 6.00. The molecule has 2 aromatic rings. The maximum absolute atomic E-state index is 13.9. The first kappa shape index (κ1) is 15.5. The van der Waals surface area contributed by atoms with Crippen molar-refractivity contribution in [3.05, 3.63) is 46.4 Å². The Morgan fingerprint density at radius 3 is 2.96 bits per heavy atom. The van der Waals surface area contributed by atoms with Gasteiger partial charge < -0.3 is 10.2 Å². The predicted molar refractivity (Wildman–Crippen MR) is 84.0 cm³/mol. The van der Waals surface area contributed by atoms with Crippen molar-refractivity contribution in [2.24, 2.45) is 12.2 Å². The molecule has 8 heteroatoms. The Hall–Kier alpha value is -2.41. The van der Waals surface area contributed by atoms with E-state index in [9.17, 15) is 9.18 Å². The molecule has 120 valence electrons. The van der Waals surface area contributed by atoms with Crippen LogP contribution in [0, 0.1) is 12.7 Å². The lowest BCUT2D eigenvalue weighted by Crippen LogP contribution is -2.29. The zero-order chi connectivity index (χ0) is 16.6. The van der Waals surface area contributed by atoms with Gasteiger partial charge in [-0.2, -0.15) is 5.10 Å². The van der Waals surface area contributed by atoms with Gasteiger partial charge in [0.25, 0.3) is 5.91 Å². The number of anilines is 1. The van der Waals surface area contributed by atoms with Crippen molar-refractivity contribution in [3.8, 4) is 0 Å². The van der Waals surface area contributed by atoms with Crippen molar-refractivity contribution in [2.45, 2.75) is 19.4 Å². The average Bonchev–Trinajstić information content (AvgIpc) is 3.06. The Morgan fingerprint density at radius 1 is 1.52 bits per heavy atom. The molecule has 1 amide bonds. The number of nitrogens with zero attached hydrogens (tertiary/aromatic N) is 3. The van der Waals surface area contributed by atoms with Gasteiger partial charge in [-0.25, -0.2) is 4.39 Å². The van der Waals surface area contributed by atoms with Crippen LogP contribution in [0.2, 0.25) is 5.02 Å². The number of carbonyl (C=O) groups excluding carboxylic acids is 1. The molecule has 1 atom stereocenters. The summed E-state index contributed by atoms with van der Waals surface area (Å²) in [6, 6.07) is 6.10. The Balaban J connectivity index is 1.71. The lowest BCUT2D eigenvalue weighted by Gasteiger charge is -2.09. The molecule has 3 rings (SSSR count). The molecule has 23 heavy (non-hydrogen) atoms. The highest BCUT2D eigenvalue weighted by Gasteiger charge is 2.31. The normalized spacial score (nSPS) is 16.9. The summed E-state index contributed by atoms with van der Waals surface area (Å²) in [5.74, 6) is -0.323. The number of hydrogen-bond acceptors (Lipinski definition) is 4.